The molecule has 0 spiro atoms. The summed E-state index contributed by atoms with van der Waals surface area (Å²) in [5.41, 5.74) is -1.38. The van der Waals surface area contributed by atoms with E-state index in [4.69, 9.17) is 11.6 Å². The van der Waals surface area contributed by atoms with Crippen molar-refractivity contribution in [1.29, 1.82) is 0 Å². The number of amides is 1. The van der Waals surface area contributed by atoms with Crippen LogP contribution >= 0.6 is 27.5 Å². The number of sulfone groups is 1. The number of aliphatic hydroxyl groups is 1. The molecule has 0 bridgehead atoms. The predicted octanol–water partition coefficient (Wildman–Crippen LogP) is 6.51. The largest absolute Gasteiger partial charge is 0.393 e. The molecule has 1 atom stereocenters. The molecule has 220 valence electrons. The van der Waals surface area contributed by atoms with Gasteiger partial charge in [0.2, 0.25) is 0 Å². The summed E-state index contributed by atoms with van der Waals surface area (Å²) >= 11 is 9.25. The highest BCUT2D eigenvalue weighted by atomic mass is 79.9. The average Bonchev–Trinajstić information content (AvgIpc) is 3.10. The molecule has 41 heavy (non-hydrogen) atoms. The van der Waals surface area contributed by atoms with Crippen LogP contribution in [0.5, 0.6) is 0 Å². The van der Waals surface area contributed by atoms with Gasteiger partial charge in [0, 0.05) is 45.4 Å². The molecule has 0 saturated heterocycles. The first-order chi connectivity index (χ1) is 19.3. The normalized spacial score (nSPS) is 17.8. The molecule has 3 aromatic rings. The lowest BCUT2D eigenvalue weighted by atomic mass is 10.1. The van der Waals surface area contributed by atoms with Crippen LogP contribution in [0, 0.1) is 0 Å². The standard InChI is InChI=1S/C28H28BrClF3N3O4S/c29-20-5-8-22(9-6-20)41(39,40)18-27(38)16-19(17-28(31,32)33)26(37)36(27)14-4-2-1-3-12-34-24-11-13-35-25-15-21(30)7-10-23(24)25/h5-11,13,15-16,38H,1-4,12,14,17-18H2,(H,34,35). The molecule has 13 heteroatoms. The van der Waals surface area contributed by atoms with Crippen LogP contribution in [0.3, 0.4) is 0 Å². The van der Waals surface area contributed by atoms with E-state index in [1.54, 1.807) is 18.3 Å². The third-order valence-corrected chi connectivity index (χ3v) is 9.25. The highest BCUT2D eigenvalue weighted by Gasteiger charge is 2.48. The molecule has 2 aromatic carbocycles. The lowest BCUT2D eigenvalue weighted by molar-refractivity contribution is -0.145. The molecule has 0 fully saturated rings. The van der Waals surface area contributed by atoms with Crippen LogP contribution in [-0.4, -0.2) is 60.1 Å². The number of fused-ring (bicyclic) bond motifs is 1. The minimum atomic E-state index is -4.69. The van der Waals surface area contributed by atoms with Gasteiger partial charge in [0.15, 0.2) is 15.6 Å². The Morgan fingerprint density at radius 1 is 1.05 bits per heavy atom. The molecule has 0 saturated carbocycles. The Balaban J connectivity index is 1.35. The molecule has 1 aliphatic rings. The second kappa shape index (κ2) is 12.7. The number of alkyl halides is 3. The van der Waals surface area contributed by atoms with Gasteiger partial charge in [-0.3, -0.25) is 9.78 Å². The van der Waals surface area contributed by atoms with Crippen molar-refractivity contribution in [2.24, 2.45) is 0 Å². The second-order valence-corrected chi connectivity index (χ2v) is 13.2. The van der Waals surface area contributed by atoms with Crippen molar-refractivity contribution >= 4 is 59.9 Å². The second-order valence-electron chi connectivity index (χ2n) is 9.87. The van der Waals surface area contributed by atoms with E-state index in [1.807, 2.05) is 12.1 Å². The lowest BCUT2D eigenvalue weighted by Crippen LogP contribution is -2.51. The maximum absolute atomic E-state index is 13.1. The Bertz CT molecular complexity index is 1550. The molecule has 1 aromatic heterocycles. The molecule has 1 aliphatic heterocycles. The van der Waals surface area contributed by atoms with Gasteiger partial charge in [-0.15, -0.1) is 0 Å². The van der Waals surface area contributed by atoms with Crippen molar-refractivity contribution in [2.45, 2.75) is 48.9 Å². The van der Waals surface area contributed by atoms with Crippen LogP contribution in [0.2, 0.25) is 5.02 Å². The highest BCUT2D eigenvalue weighted by Crippen LogP contribution is 2.36. The Morgan fingerprint density at radius 3 is 2.46 bits per heavy atom. The van der Waals surface area contributed by atoms with Crippen molar-refractivity contribution in [1.82, 2.24) is 9.88 Å². The van der Waals surface area contributed by atoms with Crippen LogP contribution in [0.25, 0.3) is 10.9 Å². The molecule has 7 nitrogen and oxygen atoms in total. The number of carbonyl (C=O) groups excluding carboxylic acids is 1. The smallest absolute Gasteiger partial charge is 0.384 e. The number of hydrogen-bond acceptors (Lipinski definition) is 6. The molecule has 1 unspecified atom stereocenters. The topological polar surface area (TPSA) is 99.6 Å². The Hall–Kier alpha value is -2.67. The zero-order chi connectivity index (χ0) is 29.8. The molecule has 1 amide bonds. The Labute approximate surface area is 249 Å². The number of pyridine rings is 1. The molecule has 2 N–H and O–H groups in total. The van der Waals surface area contributed by atoms with E-state index in [0.717, 1.165) is 40.4 Å². The van der Waals surface area contributed by atoms with Gasteiger partial charge in [-0.1, -0.05) is 40.4 Å². The SMILES string of the molecule is O=C1C(CC(F)(F)F)=CC(O)(CS(=O)(=O)c2ccc(Br)cc2)N1CCCCCCNc1ccnc2cc(Cl)ccc12. The van der Waals surface area contributed by atoms with E-state index in [9.17, 15) is 31.5 Å². The van der Waals surface area contributed by atoms with Crippen LogP contribution in [0.1, 0.15) is 32.1 Å². The number of halogens is 5. The number of benzene rings is 2. The lowest BCUT2D eigenvalue weighted by Gasteiger charge is -2.33. The fraction of sp³-hybridized carbons (Fsp3) is 0.357. The van der Waals surface area contributed by atoms with Gasteiger partial charge in [0.1, 0.15) is 5.75 Å². The number of hydrogen-bond donors (Lipinski definition) is 2. The molecular weight excluding hydrogens is 647 g/mol. The van der Waals surface area contributed by atoms with E-state index >= 15 is 0 Å². The van der Waals surface area contributed by atoms with Crippen molar-refractivity contribution in [3.8, 4) is 0 Å². The summed E-state index contributed by atoms with van der Waals surface area (Å²) in [4.78, 5) is 17.9. The van der Waals surface area contributed by atoms with E-state index in [1.165, 1.54) is 24.3 Å². The van der Waals surface area contributed by atoms with E-state index in [2.05, 4.69) is 26.2 Å². The van der Waals surface area contributed by atoms with Crippen molar-refractivity contribution in [3.63, 3.8) is 0 Å². The summed E-state index contributed by atoms with van der Waals surface area (Å²) < 4.78 is 66.1. The third-order valence-electron chi connectivity index (χ3n) is 6.69. The molecule has 0 radical (unpaired) electrons. The summed E-state index contributed by atoms with van der Waals surface area (Å²) in [7, 11) is -4.14. The van der Waals surface area contributed by atoms with Gasteiger partial charge in [-0.2, -0.15) is 13.2 Å². The summed E-state index contributed by atoms with van der Waals surface area (Å²) in [5.74, 6) is -1.97. The summed E-state index contributed by atoms with van der Waals surface area (Å²) in [5, 5.41) is 16.1. The number of aromatic nitrogens is 1. The molecule has 2 heterocycles. The minimum absolute atomic E-state index is 0.0910. The first-order valence-electron chi connectivity index (χ1n) is 12.9. The minimum Gasteiger partial charge on any atom is -0.384 e. The zero-order valence-corrected chi connectivity index (χ0v) is 25.0. The first-order valence-corrected chi connectivity index (χ1v) is 15.7. The van der Waals surface area contributed by atoms with Crippen molar-refractivity contribution in [3.05, 3.63) is 75.9 Å². The third kappa shape index (κ3) is 8.00. The van der Waals surface area contributed by atoms with Gasteiger partial charge in [-0.25, -0.2) is 8.42 Å². The van der Waals surface area contributed by atoms with Gasteiger partial charge in [0.05, 0.1) is 16.8 Å². The maximum Gasteiger partial charge on any atom is 0.393 e. The van der Waals surface area contributed by atoms with Crippen molar-refractivity contribution < 1.29 is 31.5 Å². The van der Waals surface area contributed by atoms with Crippen LogP contribution < -0.4 is 5.32 Å². The number of anilines is 1. The van der Waals surface area contributed by atoms with Gasteiger partial charge < -0.3 is 15.3 Å². The van der Waals surface area contributed by atoms with Crippen LogP contribution in [-0.2, 0) is 14.6 Å². The number of carbonyl (C=O) groups is 1. The Kier molecular flexibility index (Phi) is 9.67. The van der Waals surface area contributed by atoms with E-state index < -0.39 is 45.4 Å². The number of rotatable bonds is 12. The monoisotopic (exact) mass is 673 g/mol. The molecule has 0 aliphatic carbocycles. The van der Waals surface area contributed by atoms with Crippen LogP contribution in [0.4, 0.5) is 18.9 Å². The quantitative estimate of drug-likeness (QED) is 0.213. The fourth-order valence-electron chi connectivity index (χ4n) is 4.78. The number of nitrogens with one attached hydrogen (secondary N) is 1. The summed E-state index contributed by atoms with van der Waals surface area (Å²) in [6, 6.07) is 13.0. The predicted molar refractivity (Wildman–Crippen MR) is 155 cm³/mol. The van der Waals surface area contributed by atoms with E-state index in [-0.39, 0.29) is 11.4 Å². The maximum atomic E-state index is 13.1. The number of unbranched alkanes of at least 4 members (excludes halogenated alkanes) is 3. The van der Waals surface area contributed by atoms with Gasteiger partial charge in [0.25, 0.3) is 5.91 Å². The molecule has 4 rings (SSSR count). The zero-order valence-electron chi connectivity index (χ0n) is 21.8. The molecular formula is C28H28BrClF3N3O4S. The number of nitrogens with zero attached hydrogens (tertiary/aromatic N) is 2. The van der Waals surface area contributed by atoms with Gasteiger partial charge in [-0.05, 0) is 67.4 Å². The summed E-state index contributed by atoms with van der Waals surface area (Å²) in [6.45, 7) is 0.559. The average molecular weight is 675 g/mol. The Morgan fingerprint density at radius 2 is 1.76 bits per heavy atom. The summed E-state index contributed by atoms with van der Waals surface area (Å²) in [6.07, 6.45) is -1.32. The van der Waals surface area contributed by atoms with E-state index in [0.29, 0.717) is 28.9 Å². The van der Waals surface area contributed by atoms with Crippen molar-refractivity contribution in [2.75, 3.05) is 24.2 Å². The first kappa shape index (κ1) is 31.3. The van der Waals surface area contributed by atoms with Crippen LogP contribution in [0.15, 0.2) is 75.7 Å². The fourth-order valence-corrected chi connectivity index (χ4v) is 6.72. The highest BCUT2D eigenvalue weighted by molar-refractivity contribution is 9.10. The van der Waals surface area contributed by atoms with Gasteiger partial charge >= 0.3 is 6.18 Å².